The molecule has 2 aromatic rings. The molecule has 0 radical (unpaired) electrons. The van der Waals surface area contributed by atoms with Crippen LogP contribution in [0.4, 0.5) is 24.5 Å². The molecule has 0 bridgehead atoms. The third kappa shape index (κ3) is 4.98. The van der Waals surface area contributed by atoms with Gasteiger partial charge in [-0.3, -0.25) is 4.79 Å². The van der Waals surface area contributed by atoms with Gasteiger partial charge in [-0.15, -0.1) is 0 Å². The second-order valence-corrected chi connectivity index (χ2v) is 5.80. The molecule has 3 N–H and O–H groups in total. The molecule has 0 aromatic heterocycles. The maximum absolute atomic E-state index is 12.6. The Hall–Kier alpha value is -3.03. The Morgan fingerprint density at radius 2 is 1.69 bits per heavy atom. The van der Waals surface area contributed by atoms with E-state index < -0.39 is 30.2 Å². The van der Waals surface area contributed by atoms with Crippen LogP contribution in [0.25, 0.3) is 0 Å². The van der Waals surface area contributed by atoms with Crippen molar-refractivity contribution in [2.24, 2.45) is 0 Å². The largest absolute Gasteiger partial charge is 0.452 e. The third-order valence-electron chi connectivity index (χ3n) is 3.44. The highest BCUT2D eigenvalue weighted by Crippen LogP contribution is 2.31. The molecule has 0 fully saturated rings. The summed E-state index contributed by atoms with van der Waals surface area (Å²) in [6.45, 7) is 3.15. The van der Waals surface area contributed by atoms with E-state index in [0.717, 1.165) is 23.3 Å². The van der Waals surface area contributed by atoms with Gasteiger partial charge in [0.1, 0.15) is 0 Å². The molecule has 0 unspecified atom stereocenters. The number of carbonyl (C=O) groups excluding carboxylic acids is 2. The second kappa shape index (κ2) is 7.47. The van der Waals surface area contributed by atoms with Crippen molar-refractivity contribution in [3.05, 3.63) is 58.7 Å². The van der Waals surface area contributed by atoms with Crippen molar-refractivity contribution in [2.75, 3.05) is 17.7 Å². The minimum Gasteiger partial charge on any atom is -0.452 e. The van der Waals surface area contributed by atoms with E-state index in [-0.39, 0.29) is 11.3 Å². The van der Waals surface area contributed by atoms with Crippen LogP contribution in [-0.4, -0.2) is 18.5 Å². The van der Waals surface area contributed by atoms with Crippen molar-refractivity contribution in [3.8, 4) is 0 Å². The topological polar surface area (TPSA) is 81.4 Å². The van der Waals surface area contributed by atoms with E-state index in [9.17, 15) is 22.8 Å². The number of esters is 1. The molecular formula is C18H17F3N2O3. The number of ether oxygens (including phenoxy) is 1. The van der Waals surface area contributed by atoms with E-state index in [0.29, 0.717) is 11.8 Å². The van der Waals surface area contributed by atoms with E-state index in [4.69, 9.17) is 10.5 Å². The van der Waals surface area contributed by atoms with Gasteiger partial charge >= 0.3 is 12.1 Å². The summed E-state index contributed by atoms with van der Waals surface area (Å²) in [7, 11) is 0. The van der Waals surface area contributed by atoms with Crippen molar-refractivity contribution >= 4 is 23.3 Å². The van der Waals surface area contributed by atoms with Crippen LogP contribution in [0, 0.1) is 13.8 Å². The number of hydrogen-bond acceptors (Lipinski definition) is 4. The molecular weight excluding hydrogens is 349 g/mol. The van der Waals surface area contributed by atoms with Crippen molar-refractivity contribution < 1.29 is 27.5 Å². The number of alkyl halides is 3. The number of rotatable bonds is 4. The summed E-state index contributed by atoms with van der Waals surface area (Å²) in [6, 6.07) is 7.72. The lowest BCUT2D eigenvalue weighted by molar-refractivity contribution is -0.137. The highest BCUT2D eigenvalue weighted by Gasteiger charge is 2.31. The first kappa shape index (κ1) is 19.3. The van der Waals surface area contributed by atoms with Crippen LogP contribution in [-0.2, 0) is 15.7 Å². The number of aryl methyl sites for hydroxylation is 2. The fourth-order valence-corrected chi connectivity index (χ4v) is 2.38. The van der Waals surface area contributed by atoms with Gasteiger partial charge in [0.05, 0.1) is 11.1 Å². The van der Waals surface area contributed by atoms with Crippen LogP contribution >= 0.6 is 0 Å². The lowest BCUT2D eigenvalue weighted by Gasteiger charge is -2.11. The summed E-state index contributed by atoms with van der Waals surface area (Å²) in [4.78, 5) is 23.8. The van der Waals surface area contributed by atoms with E-state index in [1.165, 1.54) is 0 Å². The second-order valence-electron chi connectivity index (χ2n) is 5.80. The predicted molar refractivity (Wildman–Crippen MR) is 90.7 cm³/mol. The smallest absolute Gasteiger partial charge is 0.416 e. The highest BCUT2D eigenvalue weighted by molar-refractivity contribution is 5.98. The van der Waals surface area contributed by atoms with Crippen LogP contribution in [0.15, 0.2) is 36.4 Å². The Balaban J connectivity index is 1.99. The number of anilines is 2. The Labute approximate surface area is 148 Å². The molecule has 1 amide bonds. The van der Waals surface area contributed by atoms with E-state index in [1.807, 2.05) is 19.9 Å². The SMILES string of the molecule is Cc1cc(C)cc(NC(=O)COC(=O)c2ccc(C(F)(F)F)cc2N)c1. The number of hydrogen-bond donors (Lipinski definition) is 2. The number of nitrogen functional groups attached to an aromatic ring is 1. The molecule has 0 aliphatic carbocycles. The van der Waals surface area contributed by atoms with Gasteiger partial charge in [0.25, 0.3) is 5.91 Å². The number of nitrogens with one attached hydrogen (secondary N) is 1. The van der Waals surface area contributed by atoms with Crippen LogP contribution in [0.1, 0.15) is 27.0 Å². The molecule has 0 saturated carbocycles. The predicted octanol–water partition coefficient (Wildman–Crippen LogP) is 3.70. The van der Waals surface area contributed by atoms with Crippen molar-refractivity contribution in [2.45, 2.75) is 20.0 Å². The van der Waals surface area contributed by atoms with Crippen LogP contribution < -0.4 is 11.1 Å². The molecule has 5 nitrogen and oxygen atoms in total. The van der Waals surface area contributed by atoms with Gasteiger partial charge < -0.3 is 15.8 Å². The number of halogens is 3. The third-order valence-corrected chi connectivity index (χ3v) is 3.44. The minimum absolute atomic E-state index is 0.239. The zero-order valence-corrected chi connectivity index (χ0v) is 14.1. The van der Waals surface area contributed by atoms with Crippen molar-refractivity contribution in [1.29, 1.82) is 0 Å². The van der Waals surface area contributed by atoms with Gasteiger partial charge in [-0.25, -0.2) is 4.79 Å². The van der Waals surface area contributed by atoms with Gasteiger partial charge in [0, 0.05) is 11.4 Å². The summed E-state index contributed by atoms with van der Waals surface area (Å²) in [6.07, 6.45) is -4.57. The maximum atomic E-state index is 12.6. The molecule has 0 aliphatic heterocycles. The Morgan fingerprint density at radius 3 is 2.23 bits per heavy atom. The fraction of sp³-hybridized carbons (Fsp3) is 0.222. The van der Waals surface area contributed by atoms with Gasteiger partial charge in [-0.2, -0.15) is 13.2 Å². The molecule has 0 atom stereocenters. The summed E-state index contributed by atoms with van der Waals surface area (Å²) in [5, 5.41) is 2.58. The lowest BCUT2D eigenvalue weighted by Crippen LogP contribution is -2.21. The minimum atomic E-state index is -4.57. The molecule has 8 heteroatoms. The van der Waals surface area contributed by atoms with Crippen LogP contribution in [0.2, 0.25) is 0 Å². The summed E-state index contributed by atoms with van der Waals surface area (Å²) >= 11 is 0. The average Bonchev–Trinajstić information content (AvgIpc) is 2.50. The Bertz CT molecular complexity index is 828. The summed E-state index contributed by atoms with van der Waals surface area (Å²) in [5.41, 5.74) is 6.35. The first-order valence-electron chi connectivity index (χ1n) is 7.58. The molecule has 26 heavy (non-hydrogen) atoms. The van der Waals surface area contributed by atoms with Crippen molar-refractivity contribution in [3.63, 3.8) is 0 Å². The first-order chi connectivity index (χ1) is 12.1. The van der Waals surface area contributed by atoms with Gasteiger partial charge in [-0.05, 0) is 55.3 Å². The normalized spacial score (nSPS) is 11.1. The van der Waals surface area contributed by atoms with E-state index in [2.05, 4.69) is 5.32 Å². The zero-order valence-electron chi connectivity index (χ0n) is 14.1. The number of carbonyl (C=O) groups is 2. The molecule has 0 spiro atoms. The summed E-state index contributed by atoms with van der Waals surface area (Å²) < 4.78 is 42.6. The van der Waals surface area contributed by atoms with Crippen LogP contribution in [0.3, 0.4) is 0 Å². The van der Waals surface area contributed by atoms with E-state index >= 15 is 0 Å². The quantitative estimate of drug-likeness (QED) is 0.639. The number of nitrogens with two attached hydrogens (primary N) is 1. The standard InChI is InChI=1S/C18H17F3N2O3/c1-10-5-11(2)7-13(6-10)23-16(24)9-26-17(25)14-4-3-12(8-15(14)22)18(19,20)21/h3-8H,9,22H2,1-2H3,(H,23,24). The fourth-order valence-electron chi connectivity index (χ4n) is 2.38. The van der Waals surface area contributed by atoms with E-state index in [1.54, 1.807) is 12.1 Å². The molecule has 0 heterocycles. The highest BCUT2D eigenvalue weighted by atomic mass is 19.4. The number of amides is 1. The molecule has 138 valence electrons. The lowest BCUT2D eigenvalue weighted by atomic mass is 10.1. The monoisotopic (exact) mass is 366 g/mol. The maximum Gasteiger partial charge on any atom is 0.416 e. The summed E-state index contributed by atoms with van der Waals surface area (Å²) in [5.74, 6) is -1.55. The van der Waals surface area contributed by atoms with Crippen molar-refractivity contribution in [1.82, 2.24) is 0 Å². The average molecular weight is 366 g/mol. The van der Waals surface area contributed by atoms with Gasteiger partial charge in [0.2, 0.25) is 0 Å². The first-order valence-corrected chi connectivity index (χ1v) is 7.58. The molecule has 2 rings (SSSR count). The molecule has 2 aromatic carbocycles. The Kier molecular flexibility index (Phi) is 5.54. The zero-order chi connectivity index (χ0) is 19.5. The van der Waals surface area contributed by atoms with Gasteiger partial charge in [-0.1, -0.05) is 6.07 Å². The van der Waals surface area contributed by atoms with Crippen LogP contribution in [0.5, 0.6) is 0 Å². The molecule has 0 aliphatic rings. The van der Waals surface area contributed by atoms with Gasteiger partial charge in [0.15, 0.2) is 6.61 Å². The number of benzene rings is 2. The molecule has 0 saturated heterocycles. The Morgan fingerprint density at radius 1 is 1.08 bits per heavy atom.